The second-order valence-corrected chi connectivity index (χ2v) is 3.96. The molecule has 1 saturated carbocycles. The normalized spacial score (nSPS) is 26.4. The molecule has 2 heteroatoms. The van der Waals surface area contributed by atoms with Crippen molar-refractivity contribution in [2.45, 2.75) is 25.2 Å². The van der Waals surface area contributed by atoms with Crippen LogP contribution >= 0.6 is 0 Å². The monoisotopic (exact) mass is 192 g/mol. The predicted octanol–water partition coefficient (Wildman–Crippen LogP) is 2.91. The van der Waals surface area contributed by atoms with Crippen LogP contribution in [-0.4, -0.2) is 6.29 Å². The van der Waals surface area contributed by atoms with Gasteiger partial charge in [0.25, 0.3) is 0 Å². The van der Waals surface area contributed by atoms with Gasteiger partial charge < -0.3 is 4.79 Å². The third-order valence-corrected chi connectivity index (χ3v) is 3.01. The fourth-order valence-electron chi connectivity index (χ4n) is 2.18. The maximum absolute atomic E-state index is 12.7. The van der Waals surface area contributed by atoms with Crippen molar-refractivity contribution in [3.63, 3.8) is 0 Å². The Morgan fingerprint density at radius 1 is 1.21 bits per heavy atom. The van der Waals surface area contributed by atoms with Gasteiger partial charge in [-0.15, -0.1) is 0 Å². The molecule has 0 saturated heterocycles. The summed E-state index contributed by atoms with van der Waals surface area (Å²) >= 11 is 0. The molecule has 1 aromatic rings. The number of rotatable bonds is 2. The van der Waals surface area contributed by atoms with Crippen molar-refractivity contribution in [1.82, 2.24) is 0 Å². The van der Waals surface area contributed by atoms with E-state index in [9.17, 15) is 9.18 Å². The van der Waals surface area contributed by atoms with Crippen LogP contribution < -0.4 is 0 Å². The number of hydrogen-bond acceptors (Lipinski definition) is 1. The molecule has 1 aliphatic rings. The molecule has 1 nitrogen and oxygen atoms in total. The van der Waals surface area contributed by atoms with Crippen molar-refractivity contribution < 1.29 is 9.18 Å². The standard InChI is InChI=1S/C12H13FO/c13-12-5-3-10(4-6-12)11-2-1-9(7-11)8-14/h3-6,8-9,11H,1-2,7H2. The second kappa shape index (κ2) is 3.91. The van der Waals surface area contributed by atoms with Crippen LogP contribution in [0.3, 0.4) is 0 Å². The van der Waals surface area contributed by atoms with Crippen molar-refractivity contribution in [2.75, 3.05) is 0 Å². The Kier molecular flexibility index (Phi) is 2.62. The summed E-state index contributed by atoms with van der Waals surface area (Å²) in [5.41, 5.74) is 1.16. The number of hydrogen-bond donors (Lipinski definition) is 0. The number of benzene rings is 1. The lowest BCUT2D eigenvalue weighted by Crippen LogP contribution is -1.96. The molecule has 1 aromatic carbocycles. The summed E-state index contributed by atoms with van der Waals surface area (Å²) in [6, 6.07) is 6.63. The maximum Gasteiger partial charge on any atom is 0.123 e. The molecule has 0 N–H and O–H groups in total. The minimum Gasteiger partial charge on any atom is -0.303 e. The van der Waals surface area contributed by atoms with E-state index in [4.69, 9.17) is 0 Å². The quantitative estimate of drug-likeness (QED) is 0.658. The van der Waals surface area contributed by atoms with Gasteiger partial charge in [-0.05, 0) is 42.9 Å². The summed E-state index contributed by atoms with van der Waals surface area (Å²) in [4.78, 5) is 10.6. The summed E-state index contributed by atoms with van der Waals surface area (Å²) in [5, 5.41) is 0. The van der Waals surface area contributed by atoms with Crippen molar-refractivity contribution in [3.8, 4) is 0 Å². The number of halogens is 1. The highest BCUT2D eigenvalue weighted by Gasteiger charge is 2.25. The van der Waals surface area contributed by atoms with Gasteiger partial charge in [0.15, 0.2) is 0 Å². The molecule has 14 heavy (non-hydrogen) atoms. The Hall–Kier alpha value is -1.18. The van der Waals surface area contributed by atoms with E-state index in [2.05, 4.69) is 0 Å². The van der Waals surface area contributed by atoms with E-state index in [1.165, 1.54) is 12.1 Å². The van der Waals surface area contributed by atoms with Crippen LogP contribution in [-0.2, 0) is 4.79 Å². The fraction of sp³-hybridized carbons (Fsp3) is 0.417. The summed E-state index contributed by atoms with van der Waals surface area (Å²) in [5.74, 6) is 0.467. The van der Waals surface area contributed by atoms with E-state index >= 15 is 0 Å². The predicted molar refractivity (Wildman–Crippen MR) is 52.5 cm³/mol. The molecule has 74 valence electrons. The Balaban J connectivity index is 2.09. The molecule has 0 aliphatic heterocycles. The molecule has 0 spiro atoms. The molecule has 0 radical (unpaired) electrons. The minimum absolute atomic E-state index is 0.196. The van der Waals surface area contributed by atoms with Crippen LogP contribution in [0.15, 0.2) is 24.3 Å². The lowest BCUT2D eigenvalue weighted by molar-refractivity contribution is -0.110. The van der Waals surface area contributed by atoms with Gasteiger partial charge in [0.2, 0.25) is 0 Å². The first-order chi connectivity index (χ1) is 6.79. The maximum atomic E-state index is 12.7. The first kappa shape index (κ1) is 9.38. The first-order valence-corrected chi connectivity index (χ1v) is 5.00. The van der Waals surface area contributed by atoms with Gasteiger partial charge in [-0.3, -0.25) is 0 Å². The van der Waals surface area contributed by atoms with E-state index in [-0.39, 0.29) is 11.7 Å². The molecule has 2 rings (SSSR count). The van der Waals surface area contributed by atoms with Crippen molar-refractivity contribution in [2.24, 2.45) is 5.92 Å². The Bertz CT molecular complexity index is 318. The van der Waals surface area contributed by atoms with Crippen LogP contribution in [0.1, 0.15) is 30.7 Å². The largest absolute Gasteiger partial charge is 0.303 e. The van der Waals surface area contributed by atoms with E-state index < -0.39 is 0 Å². The van der Waals surface area contributed by atoms with Crippen LogP contribution in [0.25, 0.3) is 0 Å². The van der Waals surface area contributed by atoms with Gasteiger partial charge in [0, 0.05) is 5.92 Å². The Morgan fingerprint density at radius 3 is 2.50 bits per heavy atom. The van der Waals surface area contributed by atoms with Crippen LogP contribution in [0.4, 0.5) is 4.39 Å². The molecular formula is C12H13FO. The van der Waals surface area contributed by atoms with Gasteiger partial charge in [0.1, 0.15) is 12.1 Å². The van der Waals surface area contributed by atoms with Crippen molar-refractivity contribution in [3.05, 3.63) is 35.6 Å². The van der Waals surface area contributed by atoms with Gasteiger partial charge in [0.05, 0.1) is 0 Å². The summed E-state index contributed by atoms with van der Waals surface area (Å²) in [6.45, 7) is 0. The Morgan fingerprint density at radius 2 is 1.93 bits per heavy atom. The average Bonchev–Trinajstić information content (AvgIpc) is 2.67. The molecule has 2 unspecified atom stereocenters. The molecular weight excluding hydrogens is 179 g/mol. The average molecular weight is 192 g/mol. The number of carbonyl (C=O) groups excluding carboxylic acids is 1. The van der Waals surface area contributed by atoms with Crippen LogP contribution in [0, 0.1) is 11.7 Å². The lowest BCUT2D eigenvalue weighted by atomic mass is 9.97. The molecule has 0 bridgehead atoms. The molecule has 2 atom stereocenters. The first-order valence-electron chi connectivity index (χ1n) is 5.00. The Labute approximate surface area is 82.9 Å². The second-order valence-electron chi connectivity index (χ2n) is 3.96. The van der Waals surface area contributed by atoms with Crippen molar-refractivity contribution in [1.29, 1.82) is 0 Å². The van der Waals surface area contributed by atoms with Gasteiger partial charge in [-0.2, -0.15) is 0 Å². The van der Waals surface area contributed by atoms with E-state index in [1.807, 2.05) is 12.1 Å². The van der Waals surface area contributed by atoms with E-state index in [1.54, 1.807) is 0 Å². The SMILES string of the molecule is O=CC1CCC(c2ccc(F)cc2)C1. The molecule has 0 heterocycles. The van der Waals surface area contributed by atoms with Gasteiger partial charge in [-0.25, -0.2) is 4.39 Å². The highest BCUT2D eigenvalue weighted by molar-refractivity contribution is 5.54. The third kappa shape index (κ3) is 1.84. The highest BCUT2D eigenvalue weighted by atomic mass is 19.1. The topological polar surface area (TPSA) is 17.1 Å². The zero-order valence-corrected chi connectivity index (χ0v) is 7.95. The van der Waals surface area contributed by atoms with Crippen molar-refractivity contribution >= 4 is 6.29 Å². The number of aldehydes is 1. The molecule has 0 aromatic heterocycles. The minimum atomic E-state index is -0.196. The number of carbonyl (C=O) groups is 1. The van der Waals surface area contributed by atoms with E-state index in [0.717, 1.165) is 31.1 Å². The summed E-state index contributed by atoms with van der Waals surface area (Å²) < 4.78 is 12.7. The molecule has 1 aliphatic carbocycles. The summed E-state index contributed by atoms with van der Waals surface area (Å²) in [6.07, 6.45) is 4.00. The summed E-state index contributed by atoms with van der Waals surface area (Å²) in [7, 11) is 0. The van der Waals surface area contributed by atoms with Gasteiger partial charge in [-0.1, -0.05) is 12.1 Å². The van der Waals surface area contributed by atoms with Crippen LogP contribution in [0.5, 0.6) is 0 Å². The molecule has 0 amide bonds. The zero-order chi connectivity index (χ0) is 9.97. The van der Waals surface area contributed by atoms with E-state index in [0.29, 0.717) is 5.92 Å². The van der Waals surface area contributed by atoms with Crippen LogP contribution in [0.2, 0.25) is 0 Å². The zero-order valence-electron chi connectivity index (χ0n) is 7.95. The smallest absolute Gasteiger partial charge is 0.123 e. The molecule has 1 fully saturated rings. The highest BCUT2D eigenvalue weighted by Crippen LogP contribution is 2.37. The third-order valence-electron chi connectivity index (χ3n) is 3.01. The lowest BCUT2D eigenvalue weighted by Gasteiger charge is -2.08. The fourth-order valence-corrected chi connectivity index (χ4v) is 2.18. The van der Waals surface area contributed by atoms with Gasteiger partial charge >= 0.3 is 0 Å².